The number of hydrogen-bond donors (Lipinski definition) is 2. The third-order valence-electron chi connectivity index (χ3n) is 4.76. The predicted octanol–water partition coefficient (Wildman–Crippen LogP) is 3.95. The standard InChI is InChI=1S/C21H31F2N5O2.HI/c1-7-24-21(26-13(2)10-17-14(3)27-28(5)15(17)4)25-12-16-8-9-18(29-6)19(11-16)30-20(22)23;/h8-9,11,13,20H,7,10,12H2,1-6H3,(H2,24,25,26);1H. The monoisotopic (exact) mass is 551 g/mol. The van der Waals surface area contributed by atoms with E-state index in [0.29, 0.717) is 19.0 Å². The molecule has 31 heavy (non-hydrogen) atoms. The lowest BCUT2D eigenvalue weighted by Gasteiger charge is -2.18. The predicted molar refractivity (Wildman–Crippen MR) is 129 cm³/mol. The number of methoxy groups -OCH3 is 1. The maximum Gasteiger partial charge on any atom is 0.387 e. The molecule has 2 N–H and O–H groups in total. The van der Waals surface area contributed by atoms with Crippen LogP contribution in [0, 0.1) is 13.8 Å². The van der Waals surface area contributed by atoms with Crippen LogP contribution in [0.4, 0.5) is 8.78 Å². The lowest BCUT2D eigenvalue weighted by molar-refractivity contribution is -0.0512. The van der Waals surface area contributed by atoms with E-state index < -0.39 is 6.61 Å². The van der Waals surface area contributed by atoms with Gasteiger partial charge in [0.15, 0.2) is 17.5 Å². The van der Waals surface area contributed by atoms with E-state index in [2.05, 4.69) is 39.3 Å². The van der Waals surface area contributed by atoms with Crippen LogP contribution >= 0.6 is 24.0 Å². The average molecular weight is 551 g/mol. The maximum absolute atomic E-state index is 12.6. The minimum Gasteiger partial charge on any atom is -0.493 e. The molecule has 174 valence electrons. The Morgan fingerprint density at radius 1 is 1.26 bits per heavy atom. The molecule has 2 rings (SSSR count). The van der Waals surface area contributed by atoms with Crippen LogP contribution < -0.4 is 20.1 Å². The molecule has 0 spiro atoms. The van der Waals surface area contributed by atoms with Crippen LogP contribution in [0.15, 0.2) is 23.2 Å². The van der Waals surface area contributed by atoms with E-state index in [9.17, 15) is 8.78 Å². The number of hydrogen-bond acceptors (Lipinski definition) is 4. The summed E-state index contributed by atoms with van der Waals surface area (Å²) < 4.78 is 36.8. The first-order chi connectivity index (χ1) is 14.2. The van der Waals surface area contributed by atoms with Gasteiger partial charge in [0, 0.05) is 25.3 Å². The molecule has 1 aromatic carbocycles. The first kappa shape index (κ1) is 26.9. The van der Waals surface area contributed by atoms with E-state index in [-0.39, 0.29) is 41.5 Å². The molecular weight excluding hydrogens is 519 g/mol. The number of ether oxygens (including phenoxy) is 2. The Kier molecular flexibility index (Phi) is 11.0. The number of aliphatic imine (C=N–C) groups is 1. The molecule has 0 aliphatic heterocycles. The molecule has 0 saturated heterocycles. The summed E-state index contributed by atoms with van der Waals surface area (Å²) in [7, 11) is 3.35. The van der Waals surface area contributed by atoms with Gasteiger partial charge in [0.25, 0.3) is 0 Å². The highest BCUT2D eigenvalue weighted by Crippen LogP contribution is 2.29. The molecule has 1 heterocycles. The van der Waals surface area contributed by atoms with Gasteiger partial charge in [0.2, 0.25) is 0 Å². The normalized spacial score (nSPS) is 12.4. The summed E-state index contributed by atoms with van der Waals surface area (Å²) in [5, 5.41) is 11.1. The molecule has 0 fully saturated rings. The second kappa shape index (κ2) is 12.7. The quantitative estimate of drug-likeness (QED) is 0.281. The van der Waals surface area contributed by atoms with E-state index in [0.717, 1.165) is 23.4 Å². The van der Waals surface area contributed by atoms with E-state index in [1.165, 1.54) is 18.7 Å². The highest BCUT2D eigenvalue weighted by Gasteiger charge is 2.14. The van der Waals surface area contributed by atoms with Crippen molar-refractivity contribution in [3.63, 3.8) is 0 Å². The van der Waals surface area contributed by atoms with Crippen molar-refractivity contribution in [3.05, 3.63) is 40.7 Å². The van der Waals surface area contributed by atoms with Crippen LogP contribution in [0.2, 0.25) is 0 Å². The number of nitrogens with one attached hydrogen (secondary N) is 2. The van der Waals surface area contributed by atoms with Crippen molar-refractivity contribution in [1.82, 2.24) is 20.4 Å². The fourth-order valence-electron chi connectivity index (χ4n) is 3.20. The Hall–Kier alpha value is -2.11. The van der Waals surface area contributed by atoms with Gasteiger partial charge in [-0.15, -0.1) is 24.0 Å². The number of guanidine groups is 1. The summed E-state index contributed by atoms with van der Waals surface area (Å²) >= 11 is 0. The number of alkyl halides is 2. The largest absolute Gasteiger partial charge is 0.493 e. The Bertz CT molecular complexity index is 874. The van der Waals surface area contributed by atoms with Crippen LogP contribution in [0.3, 0.4) is 0 Å². The van der Waals surface area contributed by atoms with Crippen LogP contribution in [-0.4, -0.2) is 42.0 Å². The molecule has 1 atom stereocenters. The van der Waals surface area contributed by atoms with Gasteiger partial charge in [-0.2, -0.15) is 13.9 Å². The molecule has 0 saturated carbocycles. The van der Waals surface area contributed by atoms with Gasteiger partial charge in [-0.3, -0.25) is 4.68 Å². The first-order valence-electron chi connectivity index (χ1n) is 9.90. The van der Waals surface area contributed by atoms with Crippen molar-refractivity contribution in [1.29, 1.82) is 0 Å². The van der Waals surface area contributed by atoms with Crippen molar-refractivity contribution in [2.75, 3.05) is 13.7 Å². The molecule has 0 bridgehead atoms. The molecule has 10 heteroatoms. The third-order valence-corrected chi connectivity index (χ3v) is 4.76. The summed E-state index contributed by atoms with van der Waals surface area (Å²) in [6.45, 7) is 6.22. The highest BCUT2D eigenvalue weighted by molar-refractivity contribution is 14.0. The van der Waals surface area contributed by atoms with Crippen molar-refractivity contribution in [3.8, 4) is 11.5 Å². The molecule has 1 aromatic heterocycles. The number of aromatic nitrogens is 2. The van der Waals surface area contributed by atoms with Gasteiger partial charge < -0.3 is 20.1 Å². The minimum atomic E-state index is -2.92. The summed E-state index contributed by atoms with van der Waals surface area (Å²) in [5.74, 6) is 0.897. The fraction of sp³-hybridized carbons (Fsp3) is 0.524. The van der Waals surface area contributed by atoms with Gasteiger partial charge >= 0.3 is 6.61 Å². The fourth-order valence-corrected chi connectivity index (χ4v) is 3.20. The Balaban J connectivity index is 0.00000480. The first-order valence-corrected chi connectivity index (χ1v) is 9.90. The van der Waals surface area contributed by atoms with Crippen LogP contribution in [-0.2, 0) is 20.0 Å². The molecule has 7 nitrogen and oxygen atoms in total. The summed E-state index contributed by atoms with van der Waals surface area (Å²) in [4.78, 5) is 4.58. The van der Waals surface area contributed by atoms with E-state index >= 15 is 0 Å². The van der Waals surface area contributed by atoms with Gasteiger partial charge in [0.05, 0.1) is 19.3 Å². The second-order valence-electron chi connectivity index (χ2n) is 7.08. The summed E-state index contributed by atoms with van der Waals surface area (Å²) in [6.07, 6.45) is 0.810. The zero-order valence-corrected chi connectivity index (χ0v) is 21.2. The molecule has 0 aliphatic carbocycles. The Morgan fingerprint density at radius 3 is 2.52 bits per heavy atom. The smallest absolute Gasteiger partial charge is 0.387 e. The van der Waals surface area contributed by atoms with E-state index in [1.54, 1.807) is 12.1 Å². The van der Waals surface area contributed by atoms with Crippen molar-refractivity contribution in [2.24, 2.45) is 12.0 Å². The van der Waals surface area contributed by atoms with Crippen molar-refractivity contribution >= 4 is 29.9 Å². The molecule has 0 radical (unpaired) electrons. The van der Waals surface area contributed by atoms with E-state index in [1.807, 2.05) is 25.6 Å². The number of rotatable bonds is 9. The Labute approximate surface area is 199 Å². The minimum absolute atomic E-state index is 0. The summed E-state index contributed by atoms with van der Waals surface area (Å²) in [6, 6.07) is 5.01. The highest BCUT2D eigenvalue weighted by atomic mass is 127. The Morgan fingerprint density at radius 2 is 1.97 bits per heavy atom. The van der Waals surface area contributed by atoms with Gasteiger partial charge in [-0.05, 0) is 57.4 Å². The van der Waals surface area contributed by atoms with Gasteiger partial charge in [-0.25, -0.2) is 4.99 Å². The van der Waals surface area contributed by atoms with Gasteiger partial charge in [-0.1, -0.05) is 6.07 Å². The topological polar surface area (TPSA) is 72.7 Å². The maximum atomic E-state index is 12.6. The zero-order chi connectivity index (χ0) is 22.3. The summed E-state index contributed by atoms with van der Waals surface area (Å²) in [5.41, 5.74) is 4.12. The van der Waals surface area contributed by atoms with Crippen LogP contribution in [0.1, 0.15) is 36.4 Å². The molecule has 0 aliphatic rings. The second-order valence-corrected chi connectivity index (χ2v) is 7.08. The van der Waals surface area contributed by atoms with Crippen LogP contribution in [0.5, 0.6) is 11.5 Å². The average Bonchev–Trinajstić information content (AvgIpc) is 2.92. The van der Waals surface area contributed by atoms with E-state index in [4.69, 9.17) is 4.74 Å². The lowest BCUT2D eigenvalue weighted by atomic mass is 10.1. The SMILES string of the molecule is CCNC(=NCc1ccc(OC)c(OC(F)F)c1)NC(C)Cc1c(C)nn(C)c1C.I. The van der Waals surface area contributed by atoms with Crippen molar-refractivity contribution in [2.45, 2.75) is 53.3 Å². The molecular formula is C21H32F2IN5O2. The zero-order valence-electron chi connectivity index (χ0n) is 18.8. The molecule has 0 amide bonds. The number of halogens is 3. The molecule has 1 unspecified atom stereocenters. The third kappa shape index (κ3) is 7.82. The molecule has 2 aromatic rings. The lowest BCUT2D eigenvalue weighted by Crippen LogP contribution is -2.43. The van der Waals surface area contributed by atoms with Crippen molar-refractivity contribution < 1.29 is 18.3 Å². The number of aryl methyl sites for hydroxylation is 2. The number of nitrogens with zero attached hydrogens (tertiary/aromatic N) is 3. The van der Waals surface area contributed by atoms with Crippen LogP contribution in [0.25, 0.3) is 0 Å². The number of benzene rings is 1. The van der Waals surface area contributed by atoms with Gasteiger partial charge in [0.1, 0.15) is 0 Å².